The molecule has 0 radical (unpaired) electrons. The molecule has 1 aromatic carbocycles. The normalized spacial score (nSPS) is 11.7. The lowest BCUT2D eigenvalue weighted by Gasteiger charge is -2.08. The molecule has 0 heterocycles. The molecule has 19 heavy (non-hydrogen) atoms. The second kappa shape index (κ2) is 8.40. The maximum absolute atomic E-state index is 5.78. The number of hydrogen-bond acceptors (Lipinski definition) is 2. The molecule has 4 heteroatoms. The monoisotopic (exact) mass is 263 g/mol. The van der Waals surface area contributed by atoms with Crippen LogP contribution < -0.4 is 15.8 Å². The zero-order valence-corrected chi connectivity index (χ0v) is 12.1. The Morgan fingerprint density at radius 3 is 2.89 bits per heavy atom. The van der Waals surface area contributed by atoms with Crippen molar-refractivity contribution in [2.24, 2.45) is 16.6 Å². The average molecular weight is 263 g/mol. The minimum atomic E-state index is 0.523. The van der Waals surface area contributed by atoms with Crippen LogP contribution in [-0.4, -0.2) is 25.7 Å². The summed E-state index contributed by atoms with van der Waals surface area (Å²) in [6, 6.07) is 8.13. The van der Waals surface area contributed by atoms with Gasteiger partial charge < -0.3 is 15.8 Å². The Morgan fingerprint density at radius 2 is 2.21 bits per heavy atom. The van der Waals surface area contributed by atoms with Gasteiger partial charge in [-0.1, -0.05) is 26.0 Å². The molecule has 0 spiro atoms. The molecule has 0 aromatic heterocycles. The first-order chi connectivity index (χ1) is 9.11. The van der Waals surface area contributed by atoms with E-state index in [2.05, 4.69) is 36.3 Å². The molecule has 1 rings (SSSR count). The van der Waals surface area contributed by atoms with Crippen molar-refractivity contribution in [3.05, 3.63) is 29.8 Å². The van der Waals surface area contributed by atoms with E-state index < -0.39 is 0 Å². The summed E-state index contributed by atoms with van der Waals surface area (Å²) < 4.78 is 5.47. The lowest BCUT2D eigenvalue weighted by molar-refractivity contribution is 0.340. The second-order valence-corrected chi connectivity index (χ2v) is 4.88. The molecule has 0 saturated carbocycles. The maximum Gasteiger partial charge on any atom is 0.188 e. The number of rotatable bonds is 7. The van der Waals surface area contributed by atoms with Crippen LogP contribution in [-0.2, 0) is 6.42 Å². The van der Waals surface area contributed by atoms with Crippen LogP contribution in [0.4, 0.5) is 0 Å². The van der Waals surface area contributed by atoms with Gasteiger partial charge in [0.15, 0.2) is 5.96 Å². The van der Waals surface area contributed by atoms with Gasteiger partial charge in [-0.15, -0.1) is 0 Å². The second-order valence-electron chi connectivity index (χ2n) is 4.88. The molecular formula is C15H25N3O. The van der Waals surface area contributed by atoms with Crippen molar-refractivity contribution in [3.63, 3.8) is 0 Å². The SMILES string of the molecule is CCOc1cccc(CCNC(N)=NCC(C)C)c1. The highest BCUT2D eigenvalue weighted by molar-refractivity contribution is 5.77. The van der Waals surface area contributed by atoms with Crippen molar-refractivity contribution < 1.29 is 4.74 Å². The van der Waals surface area contributed by atoms with Gasteiger partial charge in [0, 0.05) is 13.1 Å². The number of nitrogens with one attached hydrogen (secondary N) is 1. The standard InChI is InChI=1S/C15H25N3O/c1-4-19-14-7-5-6-13(10-14)8-9-17-15(16)18-11-12(2)3/h5-7,10,12H,4,8-9,11H2,1-3H3,(H3,16,17,18). The molecule has 1 aromatic rings. The first kappa shape index (κ1) is 15.3. The van der Waals surface area contributed by atoms with Crippen LogP contribution in [0.15, 0.2) is 29.3 Å². The van der Waals surface area contributed by atoms with E-state index in [1.165, 1.54) is 5.56 Å². The molecule has 0 unspecified atom stereocenters. The molecule has 0 amide bonds. The number of ether oxygens (including phenoxy) is 1. The summed E-state index contributed by atoms with van der Waals surface area (Å²) in [5.41, 5.74) is 7.01. The Labute approximate surface area is 116 Å². The fourth-order valence-electron chi connectivity index (χ4n) is 1.63. The number of hydrogen-bond donors (Lipinski definition) is 2. The molecule has 0 fully saturated rings. The molecule has 0 saturated heterocycles. The largest absolute Gasteiger partial charge is 0.494 e. The fraction of sp³-hybridized carbons (Fsp3) is 0.533. The van der Waals surface area contributed by atoms with Gasteiger partial charge in [-0.3, -0.25) is 4.99 Å². The Hall–Kier alpha value is -1.71. The van der Waals surface area contributed by atoms with Crippen molar-refractivity contribution in [1.29, 1.82) is 0 Å². The van der Waals surface area contributed by atoms with Crippen molar-refractivity contribution >= 4 is 5.96 Å². The zero-order chi connectivity index (χ0) is 14.1. The van der Waals surface area contributed by atoms with Crippen LogP contribution in [0.25, 0.3) is 0 Å². The van der Waals surface area contributed by atoms with Crippen LogP contribution in [0.2, 0.25) is 0 Å². The summed E-state index contributed by atoms with van der Waals surface area (Å²) in [6.07, 6.45) is 0.902. The Bertz CT molecular complexity index is 402. The highest BCUT2D eigenvalue weighted by atomic mass is 16.5. The quantitative estimate of drug-likeness (QED) is 0.585. The molecule has 0 bridgehead atoms. The van der Waals surface area contributed by atoms with Gasteiger partial charge >= 0.3 is 0 Å². The van der Waals surface area contributed by atoms with Gasteiger partial charge in [0.25, 0.3) is 0 Å². The molecule has 106 valence electrons. The number of benzene rings is 1. The Balaban J connectivity index is 2.36. The van der Waals surface area contributed by atoms with E-state index in [1.807, 2.05) is 19.1 Å². The van der Waals surface area contributed by atoms with Crippen molar-refractivity contribution in [2.45, 2.75) is 27.2 Å². The van der Waals surface area contributed by atoms with Crippen LogP contribution in [0.3, 0.4) is 0 Å². The first-order valence-electron chi connectivity index (χ1n) is 6.87. The van der Waals surface area contributed by atoms with Crippen molar-refractivity contribution in [2.75, 3.05) is 19.7 Å². The highest BCUT2D eigenvalue weighted by Gasteiger charge is 1.98. The summed E-state index contributed by atoms with van der Waals surface area (Å²) in [4.78, 5) is 4.26. The van der Waals surface area contributed by atoms with E-state index >= 15 is 0 Å². The summed E-state index contributed by atoms with van der Waals surface area (Å²) >= 11 is 0. The van der Waals surface area contributed by atoms with Gasteiger partial charge in [0.05, 0.1) is 6.61 Å². The Morgan fingerprint density at radius 1 is 1.42 bits per heavy atom. The summed E-state index contributed by atoms with van der Waals surface area (Å²) in [6.45, 7) is 8.46. The van der Waals surface area contributed by atoms with E-state index in [4.69, 9.17) is 10.5 Å². The van der Waals surface area contributed by atoms with Gasteiger partial charge in [-0.25, -0.2) is 0 Å². The number of aliphatic imine (C=N–C) groups is 1. The van der Waals surface area contributed by atoms with Crippen LogP contribution in [0.1, 0.15) is 26.3 Å². The van der Waals surface area contributed by atoms with Crippen LogP contribution >= 0.6 is 0 Å². The molecule has 0 atom stereocenters. The fourth-order valence-corrected chi connectivity index (χ4v) is 1.63. The zero-order valence-electron chi connectivity index (χ0n) is 12.1. The summed E-state index contributed by atoms with van der Waals surface area (Å²) in [7, 11) is 0. The van der Waals surface area contributed by atoms with E-state index in [1.54, 1.807) is 0 Å². The molecule has 3 N–H and O–H groups in total. The number of nitrogens with zero attached hydrogens (tertiary/aromatic N) is 1. The van der Waals surface area contributed by atoms with E-state index in [9.17, 15) is 0 Å². The molecule has 0 aliphatic heterocycles. The predicted molar refractivity (Wildman–Crippen MR) is 80.6 cm³/mol. The topological polar surface area (TPSA) is 59.6 Å². The van der Waals surface area contributed by atoms with Crippen molar-refractivity contribution in [3.8, 4) is 5.75 Å². The third-order valence-electron chi connectivity index (χ3n) is 2.56. The Kier molecular flexibility index (Phi) is 6.79. The number of guanidine groups is 1. The lowest BCUT2D eigenvalue weighted by atomic mass is 10.1. The van der Waals surface area contributed by atoms with Gasteiger partial charge in [0.2, 0.25) is 0 Å². The van der Waals surface area contributed by atoms with Gasteiger partial charge in [-0.05, 0) is 37.0 Å². The number of nitrogens with two attached hydrogens (primary N) is 1. The highest BCUT2D eigenvalue weighted by Crippen LogP contribution is 2.13. The van der Waals surface area contributed by atoms with Crippen molar-refractivity contribution in [1.82, 2.24) is 5.32 Å². The molecule has 0 aliphatic carbocycles. The minimum Gasteiger partial charge on any atom is -0.494 e. The lowest BCUT2D eigenvalue weighted by Crippen LogP contribution is -2.33. The summed E-state index contributed by atoms with van der Waals surface area (Å²) in [5, 5.41) is 3.12. The molecule has 0 aliphatic rings. The van der Waals surface area contributed by atoms with Gasteiger partial charge in [0.1, 0.15) is 5.75 Å². The maximum atomic E-state index is 5.78. The average Bonchev–Trinajstić information content (AvgIpc) is 2.37. The van der Waals surface area contributed by atoms with E-state index in [-0.39, 0.29) is 0 Å². The smallest absolute Gasteiger partial charge is 0.188 e. The summed E-state index contributed by atoms with van der Waals surface area (Å²) in [5.74, 6) is 1.97. The van der Waals surface area contributed by atoms with Crippen LogP contribution in [0, 0.1) is 5.92 Å². The van der Waals surface area contributed by atoms with E-state index in [0.29, 0.717) is 18.5 Å². The molecular weight excluding hydrogens is 238 g/mol. The third-order valence-corrected chi connectivity index (χ3v) is 2.56. The van der Waals surface area contributed by atoms with Gasteiger partial charge in [-0.2, -0.15) is 0 Å². The first-order valence-corrected chi connectivity index (χ1v) is 6.87. The molecule has 4 nitrogen and oxygen atoms in total. The third kappa shape index (κ3) is 6.70. The predicted octanol–water partition coefficient (Wildman–Crippen LogP) is 2.19. The van der Waals surface area contributed by atoms with Crippen LogP contribution in [0.5, 0.6) is 5.75 Å². The van der Waals surface area contributed by atoms with E-state index in [0.717, 1.165) is 25.3 Å². The minimum absolute atomic E-state index is 0.523.